The molecule has 3 N–H and O–H groups in total. The molecular formula is C24H23N3O8S. The fraction of sp³-hybridized carbons (Fsp3) is 0.250. The summed E-state index contributed by atoms with van der Waals surface area (Å²) in [5.74, 6) is -0.00415. The van der Waals surface area contributed by atoms with E-state index in [4.69, 9.17) is 24.7 Å². The number of benzene rings is 2. The van der Waals surface area contributed by atoms with Crippen molar-refractivity contribution in [1.29, 1.82) is 0 Å². The summed E-state index contributed by atoms with van der Waals surface area (Å²) in [6.07, 6.45) is 1.52. The maximum atomic E-state index is 12.8. The van der Waals surface area contributed by atoms with Crippen molar-refractivity contribution in [3.05, 3.63) is 46.9 Å². The van der Waals surface area contributed by atoms with Gasteiger partial charge in [0.25, 0.3) is 17.1 Å². The Morgan fingerprint density at radius 3 is 2.61 bits per heavy atom. The van der Waals surface area contributed by atoms with Crippen molar-refractivity contribution in [3.8, 4) is 23.0 Å². The highest BCUT2D eigenvalue weighted by molar-refractivity contribution is 8.18. The van der Waals surface area contributed by atoms with Crippen LogP contribution in [-0.4, -0.2) is 60.8 Å². The molecule has 0 unspecified atom stereocenters. The Balaban J connectivity index is 1.43. The molecule has 12 heteroatoms. The maximum absolute atomic E-state index is 12.8. The summed E-state index contributed by atoms with van der Waals surface area (Å²) in [6.45, 7) is 2.22. The molecule has 0 atom stereocenters. The molecule has 36 heavy (non-hydrogen) atoms. The number of nitrogens with zero attached hydrogens (tertiary/aromatic N) is 1. The van der Waals surface area contributed by atoms with Crippen LogP contribution in [-0.2, 0) is 14.4 Å². The van der Waals surface area contributed by atoms with Crippen LogP contribution in [0.2, 0.25) is 0 Å². The first-order chi connectivity index (χ1) is 17.3. The van der Waals surface area contributed by atoms with Crippen LogP contribution in [0.4, 0.5) is 10.5 Å². The summed E-state index contributed by atoms with van der Waals surface area (Å²) in [4.78, 5) is 49.9. The second kappa shape index (κ2) is 11.0. The quantitative estimate of drug-likeness (QED) is 0.483. The Bertz CT molecular complexity index is 1250. The number of carbonyl (C=O) groups excluding carboxylic acids is 4. The van der Waals surface area contributed by atoms with E-state index in [2.05, 4.69) is 5.32 Å². The Kier molecular flexibility index (Phi) is 7.64. The largest absolute Gasteiger partial charge is 0.490 e. The van der Waals surface area contributed by atoms with Gasteiger partial charge in [0.2, 0.25) is 5.91 Å². The molecule has 0 bridgehead atoms. The highest BCUT2D eigenvalue weighted by Crippen LogP contribution is 2.35. The van der Waals surface area contributed by atoms with Gasteiger partial charge in [0.1, 0.15) is 19.8 Å². The minimum Gasteiger partial charge on any atom is -0.490 e. The summed E-state index contributed by atoms with van der Waals surface area (Å²) in [7, 11) is 0. The minimum absolute atomic E-state index is 0.153. The highest BCUT2D eigenvalue weighted by Gasteiger charge is 2.36. The van der Waals surface area contributed by atoms with Gasteiger partial charge in [-0.1, -0.05) is 6.07 Å². The average molecular weight is 514 g/mol. The number of nitrogens with two attached hydrogens (primary N) is 1. The van der Waals surface area contributed by atoms with E-state index in [0.29, 0.717) is 54.1 Å². The molecule has 0 saturated carbocycles. The van der Waals surface area contributed by atoms with Crippen LogP contribution >= 0.6 is 11.8 Å². The van der Waals surface area contributed by atoms with Gasteiger partial charge in [0, 0.05) is 11.8 Å². The Labute approximate surface area is 210 Å². The minimum atomic E-state index is -0.631. The number of rotatable bonds is 9. The van der Waals surface area contributed by atoms with Crippen LogP contribution in [0, 0.1) is 0 Å². The van der Waals surface area contributed by atoms with E-state index in [1.165, 1.54) is 6.08 Å². The molecule has 11 nitrogen and oxygen atoms in total. The van der Waals surface area contributed by atoms with Gasteiger partial charge in [0.15, 0.2) is 29.6 Å². The van der Waals surface area contributed by atoms with Crippen molar-refractivity contribution in [3.63, 3.8) is 0 Å². The molecule has 188 valence electrons. The molecule has 0 spiro atoms. The smallest absolute Gasteiger partial charge is 0.294 e. The Hall–Kier alpha value is -4.19. The normalized spacial score (nSPS) is 15.7. The van der Waals surface area contributed by atoms with Crippen molar-refractivity contribution in [2.45, 2.75) is 6.92 Å². The van der Waals surface area contributed by atoms with E-state index in [1.54, 1.807) is 43.3 Å². The molecule has 1 fully saturated rings. The predicted octanol–water partition coefficient (Wildman–Crippen LogP) is 2.40. The zero-order chi connectivity index (χ0) is 25.7. The Morgan fingerprint density at radius 2 is 1.86 bits per heavy atom. The molecular weight excluding hydrogens is 490 g/mol. The average Bonchev–Trinajstić information content (AvgIpc) is 3.10. The van der Waals surface area contributed by atoms with Gasteiger partial charge in [-0.25, -0.2) is 0 Å². The number of primary amides is 1. The van der Waals surface area contributed by atoms with E-state index >= 15 is 0 Å². The van der Waals surface area contributed by atoms with E-state index in [-0.39, 0.29) is 11.5 Å². The fourth-order valence-electron chi connectivity index (χ4n) is 3.40. The summed E-state index contributed by atoms with van der Waals surface area (Å²) in [6, 6.07) is 9.76. The van der Waals surface area contributed by atoms with Gasteiger partial charge in [-0.2, -0.15) is 0 Å². The first-order valence-electron chi connectivity index (χ1n) is 11.0. The van der Waals surface area contributed by atoms with Crippen LogP contribution in [0.25, 0.3) is 6.08 Å². The molecule has 0 aliphatic carbocycles. The number of anilines is 1. The van der Waals surface area contributed by atoms with E-state index < -0.39 is 29.5 Å². The van der Waals surface area contributed by atoms with Crippen molar-refractivity contribution >= 4 is 46.5 Å². The number of fused-ring (bicyclic) bond motifs is 1. The number of ether oxygens (including phenoxy) is 4. The third-order valence-corrected chi connectivity index (χ3v) is 5.84. The van der Waals surface area contributed by atoms with Gasteiger partial charge in [0.05, 0.1) is 11.5 Å². The molecule has 4 amide bonds. The zero-order valence-corrected chi connectivity index (χ0v) is 20.1. The topological polar surface area (TPSA) is 146 Å². The summed E-state index contributed by atoms with van der Waals surface area (Å²) < 4.78 is 21.8. The lowest BCUT2D eigenvalue weighted by molar-refractivity contribution is -0.127. The lowest BCUT2D eigenvalue weighted by Gasteiger charge is -2.19. The standard InChI is InChI=1S/C24H23N3O8S/c1-2-32-18-9-14(3-5-17(18)35-13-21(25)28)10-20-23(30)27(24(31)36-20)12-22(29)26-15-4-6-16-19(11-15)34-8-7-33-16/h3-6,9-11H,2,7-8,12-13H2,1H3,(H2,25,28)(H,26,29)/b20-10-. The number of hydrogen-bond acceptors (Lipinski definition) is 9. The molecule has 2 aliphatic rings. The van der Waals surface area contributed by atoms with Gasteiger partial charge < -0.3 is 30.0 Å². The number of hydrogen-bond donors (Lipinski definition) is 2. The molecule has 4 rings (SSSR count). The van der Waals surface area contributed by atoms with Gasteiger partial charge in [-0.05, 0) is 54.6 Å². The van der Waals surface area contributed by atoms with Crippen LogP contribution < -0.4 is 30.0 Å². The summed E-state index contributed by atoms with van der Waals surface area (Å²) in [5, 5.41) is 2.10. The third-order valence-electron chi connectivity index (χ3n) is 4.94. The van der Waals surface area contributed by atoms with Crippen molar-refractivity contribution in [2.75, 3.05) is 38.3 Å². The molecule has 2 heterocycles. The SMILES string of the molecule is CCOc1cc(/C=C2\SC(=O)N(CC(=O)Nc3ccc4c(c3)OCCO4)C2=O)ccc1OCC(N)=O. The predicted molar refractivity (Wildman–Crippen MR) is 131 cm³/mol. The highest BCUT2D eigenvalue weighted by atomic mass is 32.2. The zero-order valence-electron chi connectivity index (χ0n) is 19.3. The monoisotopic (exact) mass is 513 g/mol. The molecule has 1 saturated heterocycles. The summed E-state index contributed by atoms with van der Waals surface area (Å²) in [5.41, 5.74) is 6.14. The van der Waals surface area contributed by atoms with Crippen LogP contribution in [0.5, 0.6) is 23.0 Å². The van der Waals surface area contributed by atoms with Crippen LogP contribution in [0.3, 0.4) is 0 Å². The van der Waals surface area contributed by atoms with Crippen molar-refractivity contribution < 1.29 is 38.1 Å². The molecule has 2 aromatic rings. The second-order valence-electron chi connectivity index (χ2n) is 7.57. The first kappa shape index (κ1) is 24.9. The fourth-order valence-corrected chi connectivity index (χ4v) is 4.24. The molecule has 2 aromatic carbocycles. The van der Waals surface area contributed by atoms with Crippen molar-refractivity contribution in [2.24, 2.45) is 5.73 Å². The molecule has 0 aromatic heterocycles. The van der Waals surface area contributed by atoms with E-state index in [9.17, 15) is 19.2 Å². The number of thioether (sulfide) groups is 1. The van der Waals surface area contributed by atoms with Crippen molar-refractivity contribution in [1.82, 2.24) is 4.90 Å². The lowest BCUT2D eigenvalue weighted by atomic mass is 10.2. The first-order valence-corrected chi connectivity index (χ1v) is 11.8. The van der Waals surface area contributed by atoms with Crippen LogP contribution in [0.15, 0.2) is 41.3 Å². The van der Waals surface area contributed by atoms with E-state index in [0.717, 1.165) is 16.7 Å². The lowest BCUT2D eigenvalue weighted by Crippen LogP contribution is -2.36. The number of nitrogens with one attached hydrogen (secondary N) is 1. The molecule has 0 radical (unpaired) electrons. The van der Waals surface area contributed by atoms with Gasteiger partial charge in [-0.15, -0.1) is 0 Å². The molecule has 2 aliphatic heterocycles. The number of imide groups is 1. The number of carbonyl (C=O) groups is 4. The maximum Gasteiger partial charge on any atom is 0.294 e. The Morgan fingerprint density at radius 1 is 1.08 bits per heavy atom. The van der Waals surface area contributed by atoms with Crippen LogP contribution in [0.1, 0.15) is 12.5 Å². The van der Waals surface area contributed by atoms with Gasteiger partial charge in [-0.3, -0.25) is 24.1 Å². The van der Waals surface area contributed by atoms with Gasteiger partial charge >= 0.3 is 0 Å². The second-order valence-corrected chi connectivity index (χ2v) is 8.56. The number of amides is 4. The summed E-state index contributed by atoms with van der Waals surface area (Å²) >= 11 is 0.730. The van der Waals surface area contributed by atoms with E-state index in [1.807, 2.05) is 0 Å². The third kappa shape index (κ3) is 5.89.